The summed E-state index contributed by atoms with van der Waals surface area (Å²) in [6.45, 7) is 10.3. The van der Waals surface area contributed by atoms with Crippen LogP contribution in [0, 0.1) is 40.9 Å². The molecule has 6 nitrogen and oxygen atoms in total. The summed E-state index contributed by atoms with van der Waals surface area (Å²) in [5, 5.41) is 9.98. The lowest BCUT2D eigenvalue weighted by atomic mass is 9.51. The van der Waals surface area contributed by atoms with Crippen LogP contribution in [0.25, 0.3) is 0 Å². The van der Waals surface area contributed by atoms with Crippen molar-refractivity contribution >= 4 is 11.9 Å². The number of aliphatic hydroxyl groups excluding tert-OH is 1. The van der Waals surface area contributed by atoms with Crippen LogP contribution in [-0.4, -0.2) is 46.2 Å². The maximum atomic E-state index is 13.5. The van der Waals surface area contributed by atoms with Gasteiger partial charge in [-0.15, -0.1) is 0 Å². The zero-order valence-electron chi connectivity index (χ0n) is 26.4. The predicted molar refractivity (Wildman–Crippen MR) is 165 cm³/mol. The van der Waals surface area contributed by atoms with Crippen molar-refractivity contribution in [1.82, 2.24) is 4.90 Å². The molecule has 6 aliphatic rings. The molecule has 5 fully saturated rings. The van der Waals surface area contributed by atoms with Gasteiger partial charge in [0, 0.05) is 24.5 Å². The van der Waals surface area contributed by atoms with Gasteiger partial charge in [0.15, 0.2) is 5.78 Å². The number of amides is 1. The molecule has 2 unspecified atom stereocenters. The number of rotatable bonds is 2. The number of allylic oxidation sites excluding steroid dienone is 2. The molecule has 1 aromatic carbocycles. The lowest BCUT2D eigenvalue weighted by Crippen LogP contribution is -2.54. The fraction of sp³-hybridized carbons (Fsp3) is 0.676. The molecule has 7 rings (SSSR count). The first-order valence-corrected chi connectivity index (χ1v) is 16.9. The van der Waals surface area contributed by atoms with Crippen LogP contribution in [0.15, 0.2) is 53.3 Å². The Kier molecular flexibility index (Phi) is 7.31. The summed E-state index contributed by atoms with van der Waals surface area (Å²) in [5.74, 6) is 2.71. The number of carbonyl (C=O) groups is 2. The highest BCUT2D eigenvalue weighted by Crippen LogP contribution is 2.65. The molecule has 10 atom stereocenters. The number of nitrogens with zero attached hydrogens (tertiary/aromatic N) is 1. The van der Waals surface area contributed by atoms with Crippen LogP contribution in [0.2, 0.25) is 0 Å². The maximum absolute atomic E-state index is 13.5. The van der Waals surface area contributed by atoms with Crippen LogP contribution in [0.3, 0.4) is 0 Å². The Morgan fingerprint density at radius 2 is 1.95 bits per heavy atom. The molecule has 1 amide bonds. The molecular formula is C37H49NO5. The second kappa shape index (κ2) is 10.8. The molecule has 43 heavy (non-hydrogen) atoms. The summed E-state index contributed by atoms with van der Waals surface area (Å²) in [6, 6.07) is 9.97. The molecule has 3 saturated carbocycles. The molecular weight excluding hydrogens is 538 g/mol. The molecule has 0 bridgehead atoms. The van der Waals surface area contributed by atoms with Gasteiger partial charge in [0.1, 0.15) is 6.61 Å². The molecule has 4 aliphatic carbocycles. The third kappa shape index (κ3) is 4.60. The lowest BCUT2D eigenvalue weighted by Gasteiger charge is -2.52. The minimum Gasteiger partial charge on any atom is -0.515 e. The topological polar surface area (TPSA) is 76.1 Å². The summed E-state index contributed by atoms with van der Waals surface area (Å²) >= 11 is 0. The number of carbonyl (C=O) groups excluding carboxylic acids is 2. The van der Waals surface area contributed by atoms with Crippen molar-refractivity contribution in [2.45, 2.75) is 110 Å². The average molecular weight is 588 g/mol. The highest BCUT2D eigenvalue weighted by molar-refractivity contribution is 5.96. The quantitative estimate of drug-likeness (QED) is 0.217. The summed E-state index contributed by atoms with van der Waals surface area (Å²) < 4.78 is 13.0. The molecule has 0 radical (unpaired) electrons. The van der Waals surface area contributed by atoms with Crippen LogP contribution < -0.4 is 0 Å². The zero-order valence-corrected chi connectivity index (χ0v) is 26.4. The van der Waals surface area contributed by atoms with E-state index < -0.39 is 0 Å². The SMILES string of the molecule is CC1=C2C[C@H]3[C@@H](CC[C@@H]4/C(=C/O)C(=O)CC[C@@]43C)[C@@H]2CCC2(C1)OC1C[C@H](C)CN(C(=O)OCc3ccccc3)[C@H]1[C@H]2C. The number of piperidine rings is 1. The van der Waals surface area contributed by atoms with E-state index in [1.807, 2.05) is 35.2 Å². The van der Waals surface area contributed by atoms with E-state index in [9.17, 15) is 14.7 Å². The Balaban J connectivity index is 1.12. The monoisotopic (exact) mass is 587 g/mol. The van der Waals surface area contributed by atoms with Gasteiger partial charge in [0.2, 0.25) is 0 Å². The summed E-state index contributed by atoms with van der Waals surface area (Å²) in [5.41, 5.74) is 4.66. The number of likely N-dealkylation sites (tertiary alicyclic amines) is 1. The summed E-state index contributed by atoms with van der Waals surface area (Å²) in [7, 11) is 0. The van der Waals surface area contributed by atoms with Gasteiger partial charge in [-0.25, -0.2) is 4.79 Å². The van der Waals surface area contributed by atoms with E-state index in [0.717, 1.165) is 69.7 Å². The molecule has 1 aromatic rings. The van der Waals surface area contributed by atoms with Crippen molar-refractivity contribution in [3.05, 3.63) is 58.9 Å². The van der Waals surface area contributed by atoms with Crippen LogP contribution in [-0.2, 0) is 20.9 Å². The van der Waals surface area contributed by atoms with E-state index in [2.05, 4.69) is 27.7 Å². The van der Waals surface area contributed by atoms with Crippen LogP contribution in [0.1, 0.15) is 91.0 Å². The van der Waals surface area contributed by atoms with Crippen molar-refractivity contribution in [3.8, 4) is 0 Å². The van der Waals surface area contributed by atoms with Crippen molar-refractivity contribution in [2.24, 2.45) is 40.9 Å². The third-order valence-corrected chi connectivity index (χ3v) is 13.1. The minimum absolute atomic E-state index is 0.0424. The number of Topliss-reactive ketones (excluding diaryl/α,β-unsaturated/α-hetero) is 1. The standard InChI is InChI=1S/C37H49NO5/c1-22-16-33-34(38(19-22)35(41)42-21-25-8-6-5-7-9-25)24(3)37(43-33)15-12-26-27-10-11-30-29(20-39)32(40)13-14-36(30,4)31(27)17-28(26)23(2)18-37/h5-9,20,22,24,26-27,30-31,33-34,39H,10-19,21H2,1-4H3/b29-20-/t22-,24+,26-,27-,30+,31-,33?,34-,36-,37?/m0/s1. The predicted octanol–water partition coefficient (Wildman–Crippen LogP) is 7.78. The first-order valence-electron chi connectivity index (χ1n) is 16.9. The van der Waals surface area contributed by atoms with E-state index in [0.29, 0.717) is 42.3 Å². The first kappa shape index (κ1) is 29.1. The molecule has 1 spiro atoms. The summed E-state index contributed by atoms with van der Waals surface area (Å²) in [6.07, 6.45) is 9.79. The number of ketones is 1. The van der Waals surface area contributed by atoms with Crippen molar-refractivity contribution in [1.29, 1.82) is 0 Å². The van der Waals surface area contributed by atoms with E-state index in [1.54, 1.807) is 5.57 Å². The van der Waals surface area contributed by atoms with Gasteiger partial charge < -0.3 is 19.5 Å². The molecule has 232 valence electrons. The smallest absolute Gasteiger partial charge is 0.410 e. The molecule has 0 aromatic heterocycles. The normalized spacial score (nSPS) is 43.2. The van der Waals surface area contributed by atoms with Crippen molar-refractivity contribution < 1.29 is 24.2 Å². The van der Waals surface area contributed by atoms with Crippen molar-refractivity contribution in [2.75, 3.05) is 6.54 Å². The van der Waals surface area contributed by atoms with Gasteiger partial charge in [-0.05, 0) is 98.9 Å². The number of ether oxygens (including phenoxy) is 2. The number of hydrogen-bond donors (Lipinski definition) is 1. The number of benzene rings is 1. The van der Waals surface area contributed by atoms with Gasteiger partial charge in [-0.2, -0.15) is 0 Å². The fourth-order valence-corrected chi connectivity index (χ4v) is 11.0. The van der Waals surface area contributed by atoms with Gasteiger partial charge >= 0.3 is 6.09 Å². The van der Waals surface area contributed by atoms with E-state index in [-0.39, 0.29) is 46.9 Å². The molecule has 2 heterocycles. The number of aliphatic hydroxyl groups is 1. The van der Waals surface area contributed by atoms with Crippen LogP contribution in [0.5, 0.6) is 0 Å². The second-order valence-corrected chi connectivity index (χ2v) is 15.3. The average Bonchev–Trinajstić information content (AvgIpc) is 3.46. The van der Waals surface area contributed by atoms with Crippen LogP contribution >= 0.6 is 0 Å². The highest BCUT2D eigenvalue weighted by Gasteiger charge is 2.61. The Hall–Kier alpha value is -2.60. The highest BCUT2D eigenvalue weighted by atomic mass is 16.6. The first-order chi connectivity index (χ1) is 20.6. The lowest BCUT2D eigenvalue weighted by molar-refractivity contribution is -0.122. The van der Waals surface area contributed by atoms with Gasteiger partial charge in [-0.3, -0.25) is 4.79 Å². The molecule has 2 saturated heterocycles. The zero-order chi connectivity index (χ0) is 30.1. The van der Waals surface area contributed by atoms with Crippen molar-refractivity contribution in [3.63, 3.8) is 0 Å². The molecule has 2 aliphatic heterocycles. The van der Waals surface area contributed by atoms with Gasteiger partial charge in [-0.1, -0.05) is 62.2 Å². The van der Waals surface area contributed by atoms with E-state index >= 15 is 0 Å². The Bertz CT molecular complexity index is 1340. The fourth-order valence-electron chi connectivity index (χ4n) is 11.0. The Morgan fingerprint density at radius 1 is 1.16 bits per heavy atom. The minimum atomic E-state index is -0.251. The number of hydrogen-bond acceptors (Lipinski definition) is 5. The second-order valence-electron chi connectivity index (χ2n) is 15.3. The third-order valence-electron chi connectivity index (χ3n) is 13.1. The number of fused-ring (bicyclic) bond motifs is 6. The maximum Gasteiger partial charge on any atom is 0.410 e. The summed E-state index contributed by atoms with van der Waals surface area (Å²) in [4.78, 5) is 28.2. The Labute approximate surface area is 256 Å². The van der Waals surface area contributed by atoms with Crippen LogP contribution in [0.4, 0.5) is 4.79 Å². The van der Waals surface area contributed by atoms with Gasteiger partial charge in [0.25, 0.3) is 0 Å². The Morgan fingerprint density at radius 3 is 2.72 bits per heavy atom. The largest absolute Gasteiger partial charge is 0.515 e. The van der Waals surface area contributed by atoms with E-state index in [4.69, 9.17) is 9.47 Å². The van der Waals surface area contributed by atoms with Gasteiger partial charge in [0.05, 0.1) is 24.0 Å². The molecule has 6 heteroatoms. The van der Waals surface area contributed by atoms with E-state index in [1.165, 1.54) is 5.57 Å². The molecule has 1 N–H and O–H groups in total.